The number of benzene rings is 1. The van der Waals surface area contributed by atoms with Crippen LogP contribution in [-0.4, -0.2) is 53.8 Å². The number of hydrogen-bond donors (Lipinski definition) is 1. The molecule has 1 aromatic carbocycles. The SMILES string of the molecule is O=C(O)c1ccc2ccccc2n1.[Ca]. The van der Waals surface area contributed by atoms with E-state index >= 15 is 0 Å². The topological polar surface area (TPSA) is 50.2 Å². The number of aromatic nitrogens is 1. The fourth-order valence-electron chi connectivity index (χ4n) is 1.19. The summed E-state index contributed by atoms with van der Waals surface area (Å²) in [7, 11) is 0. The summed E-state index contributed by atoms with van der Waals surface area (Å²) >= 11 is 0. The number of pyridine rings is 1. The molecule has 0 amide bonds. The molecule has 0 aliphatic heterocycles. The number of hydrogen-bond acceptors (Lipinski definition) is 2. The van der Waals surface area contributed by atoms with Crippen molar-refractivity contribution in [2.45, 2.75) is 0 Å². The average molecular weight is 213 g/mol. The summed E-state index contributed by atoms with van der Waals surface area (Å²) in [5.74, 6) is -0.995. The van der Waals surface area contributed by atoms with Gasteiger partial charge in [0.2, 0.25) is 0 Å². The summed E-state index contributed by atoms with van der Waals surface area (Å²) in [6.07, 6.45) is 0. The molecule has 0 saturated carbocycles. The second-order valence-corrected chi connectivity index (χ2v) is 2.69. The Morgan fingerprint density at radius 1 is 1.14 bits per heavy atom. The van der Waals surface area contributed by atoms with Crippen molar-refractivity contribution in [3.05, 3.63) is 42.1 Å². The minimum Gasteiger partial charge on any atom is -0.477 e. The van der Waals surface area contributed by atoms with E-state index in [1.54, 1.807) is 12.1 Å². The van der Waals surface area contributed by atoms with Gasteiger partial charge in [0.1, 0.15) is 5.69 Å². The van der Waals surface area contributed by atoms with E-state index in [4.69, 9.17) is 5.11 Å². The first-order chi connectivity index (χ1) is 6.27. The molecule has 2 radical (unpaired) electrons. The number of carbonyl (C=O) groups is 1. The molecule has 0 unspecified atom stereocenters. The summed E-state index contributed by atoms with van der Waals surface area (Å²) in [6.45, 7) is 0. The maximum absolute atomic E-state index is 10.6. The molecule has 2 rings (SSSR count). The van der Waals surface area contributed by atoms with Crippen LogP contribution in [0.25, 0.3) is 10.9 Å². The fourth-order valence-corrected chi connectivity index (χ4v) is 1.19. The first-order valence-corrected chi connectivity index (χ1v) is 3.86. The molecular formula is C10H7CaNO2. The van der Waals surface area contributed by atoms with Gasteiger partial charge in [0.15, 0.2) is 0 Å². The third-order valence-electron chi connectivity index (χ3n) is 1.82. The van der Waals surface area contributed by atoms with E-state index in [1.807, 2.05) is 18.2 Å². The van der Waals surface area contributed by atoms with Crippen LogP contribution in [0.15, 0.2) is 36.4 Å². The molecule has 2 aromatic rings. The van der Waals surface area contributed by atoms with Gasteiger partial charge < -0.3 is 5.11 Å². The Kier molecular flexibility index (Phi) is 3.86. The maximum atomic E-state index is 10.6. The smallest absolute Gasteiger partial charge is 0.354 e. The van der Waals surface area contributed by atoms with Crippen molar-refractivity contribution in [2.24, 2.45) is 0 Å². The summed E-state index contributed by atoms with van der Waals surface area (Å²) in [4.78, 5) is 14.6. The molecule has 1 heterocycles. The van der Waals surface area contributed by atoms with Crippen LogP contribution in [0.3, 0.4) is 0 Å². The average Bonchev–Trinajstić information content (AvgIpc) is 2.17. The van der Waals surface area contributed by atoms with Crippen LogP contribution >= 0.6 is 0 Å². The maximum Gasteiger partial charge on any atom is 0.354 e. The van der Waals surface area contributed by atoms with Crippen LogP contribution in [0.4, 0.5) is 0 Å². The Labute approximate surface area is 111 Å². The molecule has 0 bridgehead atoms. The summed E-state index contributed by atoms with van der Waals surface area (Å²) in [6, 6.07) is 10.7. The van der Waals surface area contributed by atoms with E-state index in [-0.39, 0.29) is 43.4 Å². The van der Waals surface area contributed by atoms with Gasteiger partial charge in [-0.3, -0.25) is 0 Å². The van der Waals surface area contributed by atoms with Crippen LogP contribution in [0, 0.1) is 0 Å². The molecule has 66 valence electrons. The minimum atomic E-state index is -0.995. The molecule has 4 heteroatoms. The van der Waals surface area contributed by atoms with Gasteiger partial charge in [-0.2, -0.15) is 0 Å². The van der Waals surface area contributed by atoms with Gasteiger partial charge in [-0.25, -0.2) is 9.78 Å². The summed E-state index contributed by atoms with van der Waals surface area (Å²) in [5, 5.41) is 9.63. The molecule has 0 atom stereocenters. The van der Waals surface area contributed by atoms with Crippen LogP contribution in [-0.2, 0) is 0 Å². The molecule has 0 aliphatic rings. The van der Waals surface area contributed by atoms with Crippen molar-refractivity contribution in [1.29, 1.82) is 0 Å². The van der Waals surface area contributed by atoms with Crippen LogP contribution in [0.5, 0.6) is 0 Å². The van der Waals surface area contributed by atoms with E-state index < -0.39 is 5.97 Å². The summed E-state index contributed by atoms with van der Waals surface area (Å²) in [5.41, 5.74) is 0.793. The van der Waals surface area contributed by atoms with Crippen molar-refractivity contribution in [1.82, 2.24) is 4.98 Å². The second-order valence-electron chi connectivity index (χ2n) is 2.69. The fraction of sp³-hybridized carbons (Fsp3) is 0. The zero-order valence-corrected chi connectivity index (χ0v) is 9.68. The van der Waals surface area contributed by atoms with E-state index in [2.05, 4.69) is 4.98 Å². The molecule has 0 spiro atoms. The van der Waals surface area contributed by atoms with Crippen molar-refractivity contribution < 1.29 is 9.90 Å². The standard InChI is InChI=1S/C10H7NO2.Ca/c12-10(13)9-6-5-7-3-1-2-4-8(7)11-9;/h1-6H,(H,12,13);. The Balaban J connectivity index is 0.000000980. The van der Waals surface area contributed by atoms with Gasteiger partial charge in [-0.1, -0.05) is 24.3 Å². The van der Waals surface area contributed by atoms with Crippen LogP contribution < -0.4 is 0 Å². The number of carboxylic acids is 1. The number of fused-ring (bicyclic) bond motifs is 1. The Bertz CT molecular complexity index is 470. The molecule has 1 N–H and O–H groups in total. The van der Waals surface area contributed by atoms with Gasteiger partial charge in [0.25, 0.3) is 0 Å². The van der Waals surface area contributed by atoms with E-state index in [0.29, 0.717) is 5.52 Å². The monoisotopic (exact) mass is 213 g/mol. The zero-order valence-electron chi connectivity index (χ0n) is 7.47. The van der Waals surface area contributed by atoms with Gasteiger partial charge in [-0.05, 0) is 12.1 Å². The normalized spacial score (nSPS) is 9.43. The second kappa shape index (κ2) is 4.73. The molecule has 14 heavy (non-hydrogen) atoms. The van der Waals surface area contributed by atoms with Gasteiger partial charge in [-0.15, -0.1) is 0 Å². The van der Waals surface area contributed by atoms with Gasteiger partial charge in [0.05, 0.1) is 5.52 Å². The van der Waals surface area contributed by atoms with E-state index in [1.165, 1.54) is 6.07 Å². The number of rotatable bonds is 1. The predicted molar refractivity (Wildman–Crippen MR) is 54.5 cm³/mol. The van der Waals surface area contributed by atoms with Crippen molar-refractivity contribution >= 4 is 54.6 Å². The van der Waals surface area contributed by atoms with Gasteiger partial charge in [0, 0.05) is 43.1 Å². The van der Waals surface area contributed by atoms with Crippen LogP contribution in [0.2, 0.25) is 0 Å². The number of carboxylic acid groups (broad SMARTS) is 1. The largest absolute Gasteiger partial charge is 0.477 e. The van der Waals surface area contributed by atoms with Gasteiger partial charge >= 0.3 is 5.97 Å². The van der Waals surface area contributed by atoms with Crippen molar-refractivity contribution in [3.8, 4) is 0 Å². The Hall–Kier alpha value is -0.640. The van der Waals surface area contributed by atoms with E-state index in [9.17, 15) is 4.79 Å². The molecule has 3 nitrogen and oxygen atoms in total. The first-order valence-electron chi connectivity index (χ1n) is 3.86. The van der Waals surface area contributed by atoms with E-state index in [0.717, 1.165) is 5.39 Å². The Morgan fingerprint density at radius 3 is 2.57 bits per heavy atom. The third-order valence-corrected chi connectivity index (χ3v) is 1.82. The van der Waals surface area contributed by atoms with Crippen LogP contribution in [0.1, 0.15) is 10.5 Å². The minimum absolute atomic E-state index is 0. The number of nitrogens with zero attached hydrogens (tertiary/aromatic N) is 1. The Morgan fingerprint density at radius 2 is 1.86 bits per heavy atom. The van der Waals surface area contributed by atoms with Crippen molar-refractivity contribution in [3.63, 3.8) is 0 Å². The molecule has 0 fully saturated rings. The molecule has 0 saturated heterocycles. The van der Waals surface area contributed by atoms with Crippen molar-refractivity contribution in [2.75, 3.05) is 0 Å². The predicted octanol–water partition coefficient (Wildman–Crippen LogP) is 1.55. The molecule has 1 aromatic heterocycles. The third kappa shape index (κ3) is 2.23. The first kappa shape index (κ1) is 11.4. The quantitative estimate of drug-likeness (QED) is 0.731. The zero-order chi connectivity index (χ0) is 9.26. The molecular weight excluding hydrogens is 206 g/mol. The summed E-state index contributed by atoms with van der Waals surface area (Å²) < 4.78 is 0. The number of para-hydroxylation sites is 1. The number of aromatic carboxylic acids is 1. The molecule has 0 aliphatic carbocycles.